The van der Waals surface area contributed by atoms with Crippen LogP contribution in [0, 0.1) is 0 Å². The lowest BCUT2D eigenvalue weighted by Crippen LogP contribution is -2.05. The van der Waals surface area contributed by atoms with Crippen molar-refractivity contribution in [3.63, 3.8) is 0 Å². The molecule has 0 aliphatic carbocycles. The first-order valence-electron chi connectivity index (χ1n) is 5.29. The maximum absolute atomic E-state index is 10.9. The third-order valence-electron chi connectivity index (χ3n) is 2.36. The quantitative estimate of drug-likeness (QED) is 0.733. The van der Waals surface area contributed by atoms with Crippen LogP contribution in [0.4, 0.5) is 0 Å². The molecule has 2 rings (SSSR count). The normalized spacial score (nSPS) is 10.3. The molecular weight excluding hydrogens is 202 g/mol. The molecule has 2 aromatic heterocycles. The first kappa shape index (κ1) is 10.5. The van der Waals surface area contributed by atoms with Crippen molar-refractivity contribution in [1.82, 2.24) is 14.5 Å². The summed E-state index contributed by atoms with van der Waals surface area (Å²) in [7, 11) is 0. The van der Waals surface area contributed by atoms with E-state index in [9.17, 15) is 4.79 Å². The zero-order chi connectivity index (χ0) is 11.4. The van der Waals surface area contributed by atoms with E-state index in [0.717, 1.165) is 25.0 Å². The van der Waals surface area contributed by atoms with Crippen molar-refractivity contribution >= 4 is 6.29 Å². The van der Waals surface area contributed by atoms with Gasteiger partial charge in [0.1, 0.15) is 11.6 Å². The van der Waals surface area contributed by atoms with Gasteiger partial charge in [-0.05, 0) is 18.6 Å². The van der Waals surface area contributed by atoms with Crippen LogP contribution in [-0.2, 0) is 6.42 Å². The summed E-state index contributed by atoms with van der Waals surface area (Å²) in [6, 6.07) is 3.51. The Morgan fingerprint density at radius 1 is 1.38 bits per heavy atom. The van der Waals surface area contributed by atoms with Gasteiger partial charge in [-0.1, -0.05) is 6.92 Å². The number of pyridine rings is 1. The molecule has 0 radical (unpaired) electrons. The fourth-order valence-corrected chi connectivity index (χ4v) is 1.64. The first-order valence-corrected chi connectivity index (χ1v) is 5.29. The Kier molecular flexibility index (Phi) is 3.10. The number of nitrogens with zero attached hydrogens (tertiary/aromatic N) is 3. The van der Waals surface area contributed by atoms with E-state index in [1.807, 2.05) is 10.8 Å². The SMILES string of the molecule is CCCc1nccn1-c1ncccc1C=O. The van der Waals surface area contributed by atoms with Gasteiger partial charge in [0.2, 0.25) is 0 Å². The van der Waals surface area contributed by atoms with Gasteiger partial charge >= 0.3 is 0 Å². The number of carbonyl (C=O) groups excluding carboxylic acids is 1. The van der Waals surface area contributed by atoms with E-state index < -0.39 is 0 Å². The molecule has 0 saturated carbocycles. The van der Waals surface area contributed by atoms with Gasteiger partial charge in [-0.3, -0.25) is 9.36 Å². The number of hydrogen-bond acceptors (Lipinski definition) is 3. The van der Waals surface area contributed by atoms with Crippen LogP contribution in [0.15, 0.2) is 30.7 Å². The minimum Gasteiger partial charge on any atom is -0.298 e. The number of aryl methyl sites for hydroxylation is 1. The zero-order valence-electron chi connectivity index (χ0n) is 9.13. The van der Waals surface area contributed by atoms with Crippen LogP contribution >= 0.6 is 0 Å². The third-order valence-corrected chi connectivity index (χ3v) is 2.36. The van der Waals surface area contributed by atoms with Gasteiger partial charge < -0.3 is 0 Å². The van der Waals surface area contributed by atoms with Crippen LogP contribution in [-0.4, -0.2) is 20.8 Å². The molecule has 0 unspecified atom stereocenters. The average Bonchev–Trinajstić information content (AvgIpc) is 2.77. The predicted molar refractivity (Wildman–Crippen MR) is 60.7 cm³/mol. The second-order valence-electron chi connectivity index (χ2n) is 3.50. The maximum atomic E-state index is 10.9. The highest BCUT2D eigenvalue weighted by Gasteiger charge is 2.08. The summed E-state index contributed by atoms with van der Waals surface area (Å²) in [6.45, 7) is 2.10. The molecule has 0 spiro atoms. The molecule has 4 heteroatoms. The van der Waals surface area contributed by atoms with Crippen molar-refractivity contribution in [3.8, 4) is 5.82 Å². The molecule has 0 fully saturated rings. The molecule has 0 amide bonds. The Bertz CT molecular complexity index is 491. The smallest absolute Gasteiger partial charge is 0.153 e. The molecule has 0 bridgehead atoms. The summed E-state index contributed by atoms with van der Waals surface area (Å²) in [5.74, 6) is 1.59. The lowest BCUT2D eigenvalue weighted by atomic mass is 10.2. The summed E-state index contributed by atoms with van der Waals surface area (Å²) < 4.78 is 1.87. The largest absolute Gasteiger partial charge is 0.298 e. The minimum atomic E-state index is 0.581. The van der Waals surface area contributed by atoms with Crippen LogP contribution in [0.5, 0.6) is 0 Å². The standard InChI is InChI=1S/C12H13N3O/c1-2-4-11-13-7-8-15(11)12-10(9-16)5-3-6-14-12/h3,5-9H,2,4H2,1H3. The molecule has 0 aromatic carbocycles. The number of carbonyl (C=O) groups is 1. The predicted octanol–water partition coefficient (Wildman–Crippen LogP) is 2.03. The topological polar surface area (TPSA) is 47.8 Å². The fourth-order valence-electron chi connectivity index (χ4n) is 1.64. The molecule has 16 heavy (non-hydrogen) atoms. The van der Waals surface area contributed by atoms with Crippen LogP contribution in [0.2, 0.25) is 0 Å². The van der Waals surface area contributed by atoms with Gasteiger partial charge in [0.25, 0.3) is 0 Å². The van der Waals surface area contributed by atoms with Gasteiger partial charge in [-0.2, -0.15) is 0 Å². The summed E-state index contributed by atoms with van der Waals surface area (Å²) in [6.07, 6.45) is 7.95. The Morgan fingerprint density at radius 2 is 2.25 bits per heavy atom. The monoisotopic (exact) mass is 215 g/mol. The summed E-state index contributed by atoms with van der Waals surface area (Å²) >= 11 is 0. The highest BCUT2D eigenvalue weighted by molar-refractivity contribution is 5.79. The van der Waals surface area contributed by atoms with E-state index >= 15 is 0 Å². The van der Waals surface area contributed by atoms with Gasteiger partial charge in [-0.15, -0.1) is 0 Å². The lowest BCUT2D eigenvalue weighted by Gasteiger charge is -2.07. The molecule has 0 atom stereocenters. The van der Waals surface area contributed by atoms with Crippen LogP contribution < -0.4 is 0 Å². The van der Waals surface area contributed by atoms with Crippen molar-refractivity contribution < 1.29 is 4.79 Å². The second kappa shape index (κ2) is 4.70. The fraction of sp³-hybridized carbons (Fsp3) is 0.250. The average molecular weight is 215 g/mol. The first-order chi connectivity index (χ1) is 7.86. The van der Waals surface area contributed by atoms with E-state index in [-0.39, 0.29) is 0 Å². The molecule has 82 valence electrons. The van der Waals surface area contributed by atoms with Crippen molar-refractivity contribution in [2.24, 2.45) is 0 Å². The minimum absolute atomic E-state index is 0.581. The summed E-state index contributed by atoms with van der Waals surface area (Å²) in [4.78, 5) is 19.4. The van der Waals surface area contributed by atoms with Crippen LogP contribution in [0.1, 0.15) is 29.5 Å². The van der Waals surface area contributed by atoms with E-state index in [1.165, 1.54) is 0 Å². The molecular formula is C12H13N3O. The van der Waals surface area contributed by atoms with Gasteiger partial charge in [0, 0.05) is 25.0 Å². The number of rotatable bonds is 4. The highest BCUT2D eigenvalue weighted by Crippen LogP contribution is 2.12. The highest BCUT2D eigenvalue weighted by atomic mass is 16.1. The van der Waals surface area contributed by atoms with Crippen molar-refractivity contribution in [1.29, 1.82) is 0 Å². The zero-order valence-corrected chi connectivity index (χ0v) is 9.13. The maximum Gasteiger partial charge on any atom is 0.153 e. The molecule has 4 nitrogen and oxygen atoms in total. The summed E-state index contributed by atoms with van der Waals surface area (Å²) in [5.41, 5.74) is 0.581. The molecule has 0 aliphatic rings. The third kappa shape index (κ3) is 1.86. The van der Waals surface area contributed by atoms with E-state index in [2.05, 4.69) is 16.9 Å². The Labute approximate surface area is 94.0 Å². The lowest BCUT2D eigenvalue weighted by molar-refractivity contribution is 0.112. The van der Waals surface area contributed by atoms with Gasteiger partial charge in [0.15, 0.2) is 6.29 Å². The molecule has 0 N–H and O–H groups in total. The molecule has 0 saturated heterocycles. The van der Waals surface area contributed by atoms with E-state index in [1.54, 1.807) is 24.5 Å². The van der Waals surface area contributed by atoms with Crippen LogP contribution in [0.25, 0.3) is 5.82 Å². The Morgan fingerprint density at radius 3 is 3.00 bits per heavy atom. The Hall–Kier alpha value is -1.97. The number of aromatic nitrogens is 3. The van der Waals surface area contributed by atoms with Crippen molar-refractivity contribution in [2.75, 3.05) is 0 Å². The number of aldehydes is 1. The van der Waals surface area contributed by atoms with Gasteiger partial charge in [0.05, 0.1) is 5.56 Å². The molecule has 0 aliphatic heterocycles. The van der Waals surface area contributed by atoms with E-state index in [0.29, 0.717) is 11.4 Å². The van der Waals surface area contributed by atoms with Crippen molar-refractivity contribution in [3.05, 3.63) is 42.1 Å². The second-order valence-corrected chi connectivity index (χ2v) is 3.50. The number of imidazole rings is 1. The van der Waals surface area contributed by atoms with Crippen LogP contribution in [0.3, 0.4) is 0 Å². The number of hydrogen-bond donors (Lipinski definition) is 0. The van der Waals surface area contributed by atoms with Gasteiger partial charge in [-0.25, -0.2) is 9.97 Å². The molecule has 2 heterocycles. The molecule has 2 aromatic rings. The van der Waals surface area contributed by atoms with E-state index in [4.69, 9.17) is 0 Å². The summed E-state index contributed by atoms with van der Waals surface area (Å²) in [5, 5.41) is 0. The Balaban J connectivity index is 2.49. The van der Waals surface area contributed by atoms with Crippen molar-refractivity contribution in [2.45, 2.75) is 19.8 Å².